The van der Waals surface area contributed by atoms with Crippen LogP contribution in [0.3, 0.4) is 0 Å². The van der Waals surface area contributed by atoms with Crippen molar-refractivity contribution in [1.29, 1.82) is 0 Å². The smallest absolute Gasteiger partial charge is 0.325 e. The molecular formula is C19H24N2O4S. The van der Waals surface area contributed by atoms with Crippen molar-refractivity contribution in [2.45, 2.75) is 26.7 Å². The Labute approximate surface area is 159 Å². The van der Waals surface area contributed by atoms with E-state index in [4.69, 9.17) is 21.7 Å². The van der Waals surface area contributed by atoms with Crippen LogP contribution in [0.1, 0.15) is 36.5 Å². The minimum atomic E-state index is -0.462. The highest BCUT2D eigenvalue weighted by molar-refractivity contribution is 7.80. The molecule has 0 unspecified atom stereocenters. The van der Waals surface area contributed by atoms with Crippen LogP contribution in [0.2, 0.25) is 0 Å². The lowest BCUT2D eigenvalue weighted by atomic mass is 9.96. The monoisotopic (exact) mass is 376 g/mol. The van der Waals surface area contributed by atoms with Gasteiger partial charge in [-0.1, -0.05) is 13.8 Å². The second-order valence-electron chi connectivity index (χ2n) is 6.44. The maximum atomic E-state index is 12.6. The molecule has 1 aromatic carbocycles. The first-order chi connectivity index (χ1) is 12.2. The summed E-state index contributed by atoms with van der Waals surface area (Å²) < 4.78 is 10.2. The molecule has 0 atom stereocenters. The topological polar surface area (TPSA) is 59.1 Å². The maximum Gasteiger partial charge on any atom is 0.325 e. The van der Waals surface area contributed by atoms with Crippen molar-refractivity contribution in [1.82, 2.24) is 9.80 Å². The maximum absolute atomic E-state index is 12.6. The predicted octanol–water partition coefficient (Wildman–Crippen LogP) is 2.70. The molecule has 2 rings (SSSR count). The Morgan fingerprint density at radius 2 is 1.96 bits per heavy atom. The van der Waals surface area contributed by atoms with Crippen LogP contribution in [-0.2, 0) is 14.3 Å². The van der Waals surface area contributed by atoms with Gasteiger partial charge < -0.3 is 14.4 Å². The summed E-state index contributed by atoms with van der Waals surface area (Å²) in [5.74, 6) is 0.365. The molecule has 0 radical (unpaired) electrons. The summed E-state index contributed by atoms with van der Waals surface area (Å²) in [5, 5.41) is 0.280. The Balaban J connectivity index is 2.54. The van der Waals surface area contributed by atoms with Crippen molar-refractivity contribution < 1.29 is 19.1 Å². The zero-order chi connectivity index (χ0) is 19.6. The third kappa shape index (κ3) is 3.72. The van der Waals surface area contributed by atoms with E-state index in [9.17, 15) is 9.59 Å². The largest absolute Gasteiger partial charge is 0.496 e. The van der Waals surface area contributed by atoms with Gasteiger partial charge in [0.15, 0.2) is 5.11 Å². The van der Waals surface area contributed by atoms with E-state index in [-0.39, 0.29) is 23.5 Å². The van der Waals surface area contributed by atoms with Crippen molar-refractivity contribution >= 4 is 35.3 Å². The highest BCUT2D eigenvalue weighted by Crippen LogP contribution is 2.32. The van der Waals surface area contributed by atoms with Gasteiger partial charge >= 0.3 is 5.97 Å². The fraction of sp³-hybridized carbons (Fsp3) is 0.421. The third-order valence-electron chi connectivity index (χ3n) is 4.38. The first-order valence-corrected chi connectivity index (χ1v) is 8.68. The second kappa shape index (κ2) is 7.86. The van der Waals surface area contributed by atoms with Crippen LogP contribution >= 0.6 is 12.2 Å². The molecule has 1 aliphatic heterocycles. The van der Waals surface area contributed by atoms with Crippen LogP contribution in [0.4, 0.5) is 0 Å². The molecule has 0 aliphatic carbocycles. The van der Waals surface area contributed by atoms with Gasteiger partial charge in [0.2, 0.25) is 0 Å². The van der Waals surface area contributed by atoms with E-state index in [1.54, 1.807) is 20.2 Å². The molecule has 1 saturated heterocycles. The molecule has 140 valence electrons. The molecule has 0 aromatic heterocycles. The summed E-state index contributed by atoms with van der Waals surface area (Å²) in [6, 6.07) is 3.96. The van der Waals surface area contributed by atoms with Crippen LogP contribution in [0, 0.1) is 6.92 Å². The molecule has 0 bridgehead atoms. The quantitative estimate of drug-likeness (QED) is 0.447. The van der Waals surface area contributed by atoms with Gasteiger partial charge in [-0.15, -0.1) is 0 Å². The summed E-state index contributed by atoms with van der Waals surface area (Å²) in [5.41, 5.74) is 3.24. The lowest BCUT2D eigenvalue weighted by Crippen LogP contribution is -2.33. The Morgan fingerprint density at radius 1 is 1.31 bits per heavy atom. The molecule has 6 nitrogen and oxygen atoms in total. The van der Waals surface area contributed by atoms with Gasteiger partial charge in [0.05, 0.1) is 14.2 Å². The summed E-state index contributed by atoms with van der Waals surface area (Å²) in [6.45, 7) is 6.00. The number of hydrogen-bond acceptors (Lipinski definition) is 5. The number of aryl methyl sites for hydroxylation is 1. The van der Waals surface area contributed by atoms with Crippen molar-refractivity contribution in [3.8, 4) is 5.75 Å². The van der Waals surface area contributed by atoms with E-state index in [1.807, 2.05) is 19.1 Å². The first kappa shape index (κ1) is 19.9. The van der Waals surface area contributed by atoms with Crippen LogP contribution < -0.4 is 4.74 Å². The summed E-state index contributed by atoms with van der Waals surface area (Å²) >= 11 is 5.30. The molecule has 0 saturated carbocycles. The first-order valence-electron chi connectivity index (χ1n) is 8.27. The summed E-state index contributed by atoms with van der Waals surface area (Å²) in [6.07, 6.45) is 1.77. The molecule has 1 heterocycles. The van der Waals surface area contributed by atoms with Gasteiger partial charge in [-0.2, -0.15) is 0 Å². The average Bonchev–Trinajstić information content (AvgIpc) is 2.80. The number of ether oxygens (including phenoxy) is 2. The Hall–Kier alpha value is -2.41. The molecule has 0 spiro atoms. The van der Waals surface area contributed by atoms with Crippen molar-refractivity contribution in [2.75, 3.05) is 27.8 Å². The van der Waals surface area contributed by atoms with Crippen LogP contribution in [0.5, 0.6) is 5.75 Å². The number of amides is 1. The van der Waals surface area contributed by atoms with Crippen LogP contribution in [0.15, 0.2) is 17.8 Å². The zero-order valence-electron chi connectivity index (χ0n) is 16.0. The number of benzene rings is 1. The molecule has 7 heteroatoms. The van der Waals surface area contributed by atoms with Crippen molar-refractivity contribution in [3.05, 3.63) is 34.5 Å². The van der Waals surface area contributed by atoms with Crippen LogP contribution in [0.25, 0.3) is 6.08 Å². The van der Waals surface area contributed by atoms with Gasteiger partial charge in [0.25, 0.3) is 5.91 Å². The molecule has 0 N–H and O–H groups in total. The normalized spacial score (nSPS) is 16.0. The number of nitrogens with zero attached hydrogens (tertiary/aromatic N) is 2. The molecular weight excluding hydrogens is 352 g/mol. The van der Waals surface area contributed by atoms with E-state index in [0.717, 1.165) is 22.4 Å². The fourth-order valence-electron chi connectivity index (χ4n) is 2.79. The Morgan fingerprint density at radius 3 is 2.50 bits per heavy atom. The average molecular weight is 376 g/mol. The van der Waals surface area contributed by atoms with Gasteiger partial charge in [-0.3, -0.25) is 14.5 Å². The fourth-order valence-corrected chi connectivity index (χ4v) is 3.04. The van der Waals surface area contributed by atoms with Crippen LogP contribution in [-0.4, -0.2) is 54.6 Å². The Bertz CT molecular complexity index is 786. The highest BCUT2D eigenvalue weighted by Gasteiger charge is 2.36. The number of likely N-dealkylation sites (N-methyl/N-ethyl adjacent to an activating group) is 1. The summed E-state index contributed by atoms with van der Waals surface area (Å²) in [7, 11) is 4.54. The predicted molar refractivity (Wildman–Crippen MR) is 104 cm³/mol. The van der Waals surface area contributed by atoms with Gasteiger partial charge in [-0.25, -0.2) is 0 Å². The van der Waals surface area contributed by atoms with E-state index in [2.05, 4.69) is 13.8 Å². The second-order valence-corrected chi connectivity index (χ2v) is 6.81. The summed E-state index contributed by atoms with van der Waals surface area (Å²) in [4.78, 5) is 27.2. The van der Waals surface area contributed by atoms with E-state index in [0.29, 0.717) is 5.70 Å². The zero-order valence-corrected chi connectivity index (χ0v) is 16.8. The molecule has 1 aliphatic rings. The SMILES string of the molecule is COC(=O)CN1C(=S)N(C)C(=O)C1=Cc1cc(C(C)C)c(OC)cc1C. The van der Waals surface area contributed by atoms with Crippen molar-refractivity contribution in [2.24, 2.45) is 0 Å². The Kier molecular flexibility index (Phi) is 6.02. The lowest BCUT2D eigenvalue weighted by molar-refractivity contribution is -0.140. The lowest BCUT2D eigenvalue weighted by Gasteiger charge is -2.18. The number of esters is 1. The van der Waals surface area contributed by atoms with Gasteiger partial charge in [-0.05, 0) is 60.0 Å². The molecule has 1 aromatic rings. The standard InChI is InChI=1S/C19H24N2O4S/c1-11(2)14-8-13(12(3)7-16(14)24-5)9-15-18(23)20(4)19(26)21(15)10-17(22)25-6/h7-9,11H,10H2,1-6H3. The molecule has 1 amide bonds. The van der Waals surface area contributed by atoms with E-state index >= 15 is 0 Å². The van der Waals surface area contributed by atoms with E-state index < -0.39 is 5.97 Å². The third-order valence-corrected chi connectivity index (χ3v) is 4.87. The number of methoxy groups -OCH3 is 2. The molecule has 26 heavy (non-hydrogen) atoms. The minimum absolute atomic E-state index is 0.108. The number of carbonyl (C=O) groups excluding carboxylic acids is 2. The van der Waals surface area contributed by atoms with Crippen molar-refractivity contribution in [3.63, 3.8) is 0 Å². The number of hydrogen-bond donors (Lipinski definition) is 0. The number of thiocarbonyl (C=S) groups is 1. The minimum Gasteiger partial charge on any atom is -0.496 e. The molecule has 1 fully saturated rings. The number of carbonyl (C=O) groups is 2. The van der Waals surface area contributed by atoms with E-state index in [1.165, 1.54) is 16.9 Å². The number of rotatable bonds is 5. The van der Waals surface area contributed by atoms with Gasteiger partial charge in [0, 0.05) is 7.05 Å². The van der Waals surface area contributed by atoms with Gasteiger partial charge in [0.1, 0.15) is 18.0 Å². The highest BCUT2D eigenvalue weighted by atomic mass is 32.1.